The van der Waals surface area contributed by atoms with Gasteiger partial charge in [-0.2, -0.15) is 0 Å². The molecule has 156 valence electrons. The number of hydrogen-bond donors (Lipinski definition) is 3. The van der Waals surface area contributed by atoms with Crippen molar-refractivity contribution in [2.45, 2.75) is 13.0 Å². The zero-order chi connectivity index (χ0) is 21.2. The maximum Gasteiger partial charge on any atom is 0.321 e. The molecular formula is C22H22FN3O3S. The van der Waals surface area contributed by atoms with Crippen LogP contribution in [0.4, 0.5) is 14.9 Å². The summed E-state index contributed by atoms with van der Waals surface area (Å²) in [4.78, 5) is 24.9. The summed E-state index contributed by atoms with van der Waals surface area (Å²) in [6.07, 6.45) is 0.724. The van der Waals surface area contributed by atoms with Crippen LogP contribution < -0.4 is 20.7 Å². The fourth-order valence-corrected chi connectivity index (χ4v) is 3.30. The lowest BCUT2D eigenvalue weighted by atomic mass is 10.2. The fourth-order valence-electron chi connectivity index (χ4n) is 2.59. The summed E-state index contributed by atoms with van der Waals surface area (Å²) in [6, 6.07) is 16.6. The molecule has 3 aromatic rings. The van der Waals surface area contributed by atoms with Crippen LogP contribution in [0.2, 0.25) is 0 Å². The molecule has 1 aromatic heterocycles. The lowest BCUT2D eigenvalue weighted by Crippen LogP contribution is -2.42. The largest absolute Gasteiger partial charge is 0.489 e. The van der Waals surface area contributed by atoms with Gasteiger partial charge >= 0.3 is 6.03 Å². The van der Waals surface area contributed by atoms with E-state index >= 15 is 0 Å². The molecule has 6 nitrogen and oxygen atoms in total. The van der Waals surface area contributed by atoms with Gasteiger partial charge in [0.05, 0.1) is 6.54 Å². The van der Waals surface area contributed by atoms with E-state index in [4.69, 9.17) is 4.74 Å². The molecule has 3 N–H and O–H groups in total. The van der Waals surface area contributed by atoms with Gasteiger partial charge in [-0.05, 0) is 47.7 Å². The fraction of sp³-hybridized carbons (Fsp3) is 0.182. The quantitative estimate of drug-likeness (QED) is 0.483. The molecule has 0 fully saturated rings. The Hall–Kier alpha value is -3.39. The van der Waals surface area contributed by atoms with Gasteiger partial charge in [-0.1, -0.05) is 24.3 Å². The number of anilines is 1. The summed E-state index contributed by atoms with van der Waals surface area (Å²) in [7, 11) is 0. The van der Waals surface area contributed by atoms with Crippen LogP contribution in [0, 0.1) is 5.82 Å². The maximum absolute atomic E-state index is 12.9. The van der Waals surface area contributed by atoms with Crippen molar-refractivity contribution in [3.8, 4) is 5.75 Å². The zero-order valence-corrected chi connectivity index (χ0v) is 17.0. The minimum Gasteiger partial charge on any atom is -0.489 e. The molecule has 0 radical (unpaired) electrons. The highest BCUT2D eigenvalue weighted by molar-refractivity contribution is 7.09. The van der Waals surface area contributed by atoms with Crippen LogP contribution in [0.15, 0.2) is 66.0 Å². The summed E-state index contributed by atoms with van der Waals surface area (Å²) in [6.45, 7) is 0.704. The number of carbonyl (C=O) groups is 2. The summed E-state index contributed by atoms with van der Waals surface area (Å²) in [5.41, 5.74) is 1.53. The van der Waals surface area contributed by atoms with E-state index in [1.54, 1.807) is 47.7 Å². The molecule has 8 heteroatoms. The van der Waals surface area contributed by atoms with Crippen LogP contribution in [0.25, 0.3) is 0 Å². The smallest absolute Gasteiger partial charge is 0.321 e. The molecule has 0 bridgehead atoms. The Labute approximate surface area is 178 Å². The van der Waals surface area contributed by atoms with Gasteiger partial charge < -0.3 is 15.4 Å². The number of halogens is 1. The van der Waals surface area contributed by atoms with E-state index < -0.39 is 11.9 Å². The van der Waals surface area contributed by atoms with Gasteiger partial charge in [-0.3, -0.25) is 10.1 Å². The van der Waals surface area contributed by atoms with Gasteiger partial charge in [-0.25, -0.2) is 9.18 Å². The molecule has 0 aliphatic carbocycles. The van der Waals surface area contributed by atoms with Crippen LogP contribution in [0.1, 0.15) is 10.4 Å². The van der Waals surface area contributed by atoms with Crippen molar-refractivity contribution >= 4 is 29.0 Å². The summed E-state index contributed by atoms with van der Waals surface area (Å²) in [5, 5.41) is 9.88. The van der Waals surface area contributed by atoms with E-state index in [1.807, 2.05) is 17.5 Å². The number of urea groups is 1. The highest BCUT2D eigenvalue weighted by atomic mass is 32.1. The highest BCUT2D eigenvalue weighted by Crippen LogP contribution is 2.18. The first-order valence-corrected chi connectivity index (χ1v) is 10.3. The Balaban J connectivity index is 1.38. The molecule has 3 amide bonds. The molecule has 0 unspecified atom stereocenters. The van der Waals surface area contributed by atoms with Crippen molar-refractivity contribution in [2.24, 2.45) is 0 Å². The van der Waals surface area contributed by atoms with Crippen molar-refractivity contribution in [2.75, 3.05) is 18.4 Å². The van der Waals surface area contributed by atoms with Crippen molar-refractivity contribution in [3.05, 3.63) is 82.3 Å². The maximum atomic E-state index is 12.9. The van der Waals surface area contributed by atoms with Crippen molar-refractivity contribution < 1.29 is 18.7 Å². The van der Waals surface area contributed by atoms with Gasteiger partial charge in [0.15, 0.2) is 0 Å². The topological polar surface area (TPSA) is 79.5 Å². The van der Waals surface area contributed by atoms with Crippen molar-refractivity contribution in [1.29, 1.82) is 0 Å². The van der Waals surface area contributed by atoms with E-state index in [1.165, 1.54) is 17.0 Å². The number of carbonyl (C=O) groups excluding carboxylic acids is 2. The molecule has 0 atom stereocenters. The van der Waals surface area contributed by atoms with Crippen LogP contribution in [0.5, 0.6) is 5.75 Å². The Morgan fingerprint density at radius 1 is 1.03 bits per heavy atom. The number of nitrogens with one attached hydrogen (secondary N) is 3. The summed E-state index contributed by atoms with van der Waals surface area (Å²) < 4.78 is 18.6. The van der Waals surface area contributed by atoms with E-state index in [-0.39, 0.29) is 12.4 Å². The monoisotopic (exact) mass is 427 g/mol. The minimum atomic E-state index is -0.519. The average molecular weight is 428 g/mol. The molecule has 1 heterocycles. The third-order valence-electron chi connectivity index (χ3n) is 4.10. The molecule has 0 aliphatic rings. The normalized spacial score (nSPS) is 10.3. The second-order valence-corrected chi connectivity index (χ2v) is 7.46. The van der Waals surface area contributed by atoms with Gasteiger partial charge in [0.1, 0.15) is 18.2 Å². The summed E-state index contributed by atoms with van der Waals surface area (Å²) in [5.74, 6) is -0.128. The molecule has 0 saturated carbocycles. The predicted molar refractivity (Wildman–Crippen MR) is 115 cm³/mol. The average Bonchev–Trinajstić information content (AvgIpc) is 3.26. The number of benzene rings is 2. The minimum absolute atomic E-state index is 0.0558. The number of hydrogen-bond acceptors (Lipinski definition) is 5. The van der Waals surface area contributed by atoms with E-state index in [9.17, 15) is 14.0 Å². The SMILES string of the molecule is O=C(CNc1cccc(OCc2ccc(F)cc2)c1)NC(=O)NCCc1cccs1. The summed E-state index contributed by atoms with van der Waals surface area (Å²) >= 11 is 1.62. The molecule has 0 aliphatic heterocycles. The first-order valence-electron chi connectivity index (χ1n) is 9.40. The Bertz CT molecular complexity index is 962. The van der Waals surface area contributed by atoms with Gasteiger partial charge in [-0.15, -0.1) is 11.3 Å². The lowest BCUT2D eigenvalue weighted by Gasteiger charge is -2.10. The van der Waals surface area contributed by atoms with Crippen LogP contribution in [-0.2, 0) is 17.8 Å². The molecule has 0 saturated heterocycles. The van der Waals surface area contributed by atoms with Gasteiger partial charge in [0, 0.05) is 23.2 Å². The van der Waals surface area contributed by atoms with Gasteiger partial charge in [0.2, 0.25) is 5.91 Å². The van der Waals surface area contributed by atoms with E-state index in [0.717, 1.165) is 12.0 Å². The Morgan fingerprint density at radius 3 is 2.63 bits per heavy atom. The lowest BCUT2D eigenvalue weighted by molar-refractivity contribution is -0.118. The first kappa shape index (κ1) is 21.3. The number of rotatable bonds is 9. The predicted octanol–water partition coefficient (Wildman–Crippen LogP) is 3.95. The van der Waals surface area contributed by atoms with Crippen molar-refractivity contribution in [3.63, 3.8) is 0 Å². The van der Waals surface area contributed by atoms with Crippen LogP contribution >= 0.6 is 11.3 Å². The third kappa shape index (κ3) is 7.21. The molecule has 30 heavy (non-hydrogen) atoms. The second-order valence-electron chi connectivity index (χ2n) is 6.43. The highest BCUT2D eigenvalue weighted by Gasteiger charge is 2.07. The first-order chi connectivity index (χ1) is 14.6. The third-order valence-corrected chi connectivity index (χ3v) is 5.03. The van der Waals surface area contributed by atoms with Crippen molar-refractivity contribution in [1.82, 2.24) is 10.6 Å². The number of imide groups is 1. The Morgan fingerprint density at radius 2 is 1.87 bits per heavy atom. The number of ether oxygens (including phenoxy) is 1. The van der Waals surface area contributed by atoms with E-state index in [0.29, 0.717) is 24.6 Å². The number of thiophene rings is 1. The molecule has 2 aromatic carbocycles. The Kier molecular flexibility index (Phi) is 7.79. The van der Waals surface area contributed by atoms with Crippen LogP contribution in [-0.4, -0.2) is 25.0 Å². The molecule has 3 rings (SSSR count). The molecule has 0 spiro atoms. The standard InChI is InChI=1S/C22H22FN3O3S/c23-17-8-6-16(7-9-17)15-29-19-4-1-3-18(13-19)25-14-21(27)26-22(28)24-11-10-20-5-2-12-30-20/h1-9,12-13,25H,10-11,14-15H2,(H2,24,26,27,28). The van der Waals surface area contributed by atoms with Gasteiger partial charge in [0.25, 0.3) is 0 Å². The second kappa shape index (κ2) is 11.0. The zero-order valence-electron chi connectivity index (χ0n) is 16.2. The number of amides is 3. The molecular weight excluding hydrogens is 405 g/mol. The van der Waals surface area contributed by atoms with E-state index in [2.05, 4.69) is 16.0 Å². The van der Waals surface area contributed by atoms with Crippen LogP contribution in [0.3, 0.4) is 0 Å².